The first-order valence-corrected chi connectivity index (χ1v) is 12.8. The van der Waals surface area contributed by atoms with Gasteiger partial charge >= 0.3 is 6.09 Å². The Morgan fingerprint density at radius 1 is 1.11 bits per heavy atom. The molecule has 0 N–H and O–H groups in total. The van der Waals surface area contributed by atoms with Gasteiger partial charge < -0.3 is 19.3 Å². The third kappa shape index (κ3) is 4.29. The molecule has 3 saturated heterocycles. The Bertz CT molecular complexity index is 1260. The van der Waals surface area contributed by atoms with Crippen molar-refractivity contribution in [1.29, 1.82) is 0 Å². The number of nitrogens with zero attached hydrogens (tertiary/aromatic N) is 8. The van der Waals surface area contributed by atoms with Gasteiger partial charge in [-0.15, -0.1) is 0 Å². The number of fused-ring (bicyclic) bond motifs is 2. The van der Waals surface area contributed by atoms with E-state index >= 15 is 0 Å². The maximum Gasteiger partial charge on any atom is 0.410 e. The van der Waals surface area contributed by atoms with E-state index < -0.39 is 5.60 Å². The van der Waals surface area contributed by atoms with E-state index in [2.05, 4.69) is 14.6 Å². The van der Waals surface area contributed by atoms with Gasteiger partial charge in [-0.25, -0.2) is 14.8 Å². The van der Waals surface area contributed by atoms with Gasteiger partial charge in [0.2, 0.25) is 5.95 Å². The molecule has 0 aliphatic carbocycles. The number of anilines is 1. The summed E-state index contributed by atoms with van der Waals surface area (Å²) in [7, 11) is 1.90. The van der Waals surface area contributed by atoms with Gasteiger partial charge in [0.1, 0.15) is 23.0 Å². The molecule has 11 nitrogen and oxygen atoms in total. The third-order valence-electron chi connectivity index (χ3n) is 7.27. The lowest BCUT2D eigenvalue weighted by Gasteiger charge is -2.26. The second-order valence-electron chi connectivity index (χ2n) is 11.2. The number of imidazole rings is 1. The quantitative estimate of drug-likeness (QED) is 0.547. The number of carbonyl (C=O) groups is 1. The van der Waals surface area contributed by atoms with Crippen molar-refractivity contribution < 1.29 is 14.3 Å². The number of amides is 1. The SMILES string of the molecule is Cn1cc(-c2nc(N3CC4CN(C(=O)OC(C)(C)C)CC4C3)nc3c2ncn3C2CCCCO2)cn1. The van der Waals surface area contributed by atoms with Crippen LogP contribution in [0.2, 0.25) is 0 Å². The molecule has 0 saturated carbocycles. The minimum Gasteiger partial charge on any atom is -0.444 e. The van der Waals surface area contributed by atoms with E-state index in [0.717, 1.165) is 61.4 Å². The number of likely N-dealkylation sites (tertiary alicyclic amines) is 1. The maximum atomic E-state index is 12.6. The molecule has 3 fully saturated rings. The van der Waals surface area contributed by atoms with Crippen molar-refractivity contribution >= 4 is 23.2 Å². The summed E-state index contributed by atoms with van der Waals surface area (Å²) < 4.78 is 15.5. The highest BCUT2D eigenvalue weighted by Gasteiger charge is 2.43. The Morgan fingerprint density at radius 3 is 2.53 bits per heavy atom. The van der Waals surface area contributed by atoms with Crippen LogP contribution in [0.25, 0.3) is 22.4 Å². The number of aromatic nitrogens is 6. The van der Waals surface area contributed by atoms with E-state index in [1.165, 1.54) is 0 Å². The first-order valence-electron chi connectivity index (χ1n) is 12.8. The lowest BCUT2D eigenvalue weighted by Crippen LogP contribution is -2.37. The summed E-state index contributed by atoms with van der Waals surface area (Å²) in [6.45, 7) is 9.45. The molecule has 6 heterocycles. The molecule has 0 radical (unpaired) electrons. The van der Waals surface area contributed by atoms with Crippen molar-refractivity contribution in [2.24, 2.45) is 18.9 Å². The van der Waals surface area contributed by atoms with Crippen LogP contribution in [0.15, 0.2) is 18.7 Å². The summed E-state index contributed by atoms with van der Waals surface area (Å²) in [6, 6.07) is 0. The van der Waals surface area contributed by atoms with Crippen LogP contribution in [0.1, 0.15) is 46.3 Å². The highest BCUT2D eigenvalue weighted by Crippen LogP contribution is 2.36. The molecule has 3 aliphatic heterocycles. The van der Waals surface area contributed by atoms with Gasteiger partial charge in [0.05, 0.1) is 12.5 Å². The predicted octanol–water partition coefficient (Wildman–Crippen LogP) is 3.23. The van der Waals surface area contributed by atoms with Crippen molar-refractivity contribution in [3.05, 3.63) is 18.7 Å². The van der Waals surface area contributed by atoms with Crippen LogP contribution in [-0.4, -0.2) is 78.7 Å². The fourth-order valence-electron chi connectivity index (χ4n) is 5.58. The lowest BCUT2D eigenvalue weighted by molar-refractivity contribution is -0.0298. The molecule has 36 heavy (non-hydrogen) atoms. The zero-order valence-electron chi connectivity index (χ0n) is 21.4. The molecule has 0 aromatic carbocycles. The average Bonchev–Trinajstić information content (AvgIpc) is 3.60. The number of hydrogen-bond acceptors (Lipinski definition) is 8. The van der Waals surface area contributed by atoms with Gasteiger partial charge in [0.15, 0.2) is 5.65 Å². The molecule has 0 bridgehead atoms. The summed E-state index contributed by atoms with van der Waals surface area (Å²) >= 11 is 0. The zero-order valence-corrected chi connectivity index (χ0v) is 21.4. The molecule has 1 amide bonds. The van der Waals surface area contributed by atoms with Crippen molar-refractivity contribution in [2.75, 3.05) is 37.7 Å². The standard InChI is InChI=1S/C25H34N8O3/c1-25(2,3)36-24(34)32-13-17-11-31(12-18(17)14-32)23-28-20(16-9-27-30(4)10-16)21-22(29-23)33(15-26-21)19-7-5-6-8-35-19/h9-10,15,17-19H,5-8,11-14H2,1-4H3. The second-order valence-corrected chi connectivity index (χ2v) is 11.2. The van der Waals surface area contributed by atoms with Crippen LogP contribution in [-0.2, 0) is 16.5 Å². The first kappa shape index (κ1) is 23.2. The second kappa shape index (κ2) is 8.72. The molecule has 11 heteroatoms. The first-order chi connectivity index (χ1) is 17.2. The Balaban J connectivity index is 1.29. The number of ether oxygens (including phenoxy) is 2. The monoisotopic (exact) mass is 494 g/mol. The molecular formula is C25H34N8O3. The van der Waals surface area contributed by atoms with Gasteiger partial charge in [-0.05, 0) is 40.0 Å². The molecule has 192 valence electrons. The maximum absolute atomic E-state index is 12.6. The van der Waals surface area contributed by atoms with E-state index in [-0.39, 0.29) is 12.3 Å². The van der Waals surface area contributed by atoms with Gasteiger partial charge in [0.25, 0.3) is 0 Å². The van der Waals surface area contributed by atoms with Crippen molar-refractivity contribution in [3.8, 4) is 11.3 Å². The van der Waals surface area contributed by atoms with Crippen LogP contribution >= 0.6 is 0 Å². The fourth-order valence-corrected chi connectivity index (χ4v) is 5.58. The van der Waals surface area contributed by atoms with Crippen molar-refractivity contribution in [1.82, 2.24) is 34.2 Å². The minimum absolute atomic E-state index is 0.0615. The van der Waals surface area contributed by atoms with E-state index in [1.54, 1.807) is 4.68 Å². The van der Waals surface area contributed by atoms with Crippen LogP contribution in [0.3, 0.4) is 0 Å². The Hall–Kier alpha value is -3.21. The number of carbonyl (C=O) groups excluding carboxylic acids is 1. The number of rotatable bonds is 3. The Morgan fingerprint density at radius 2 is 1.89 bits per heavy atom. The molecular weight excluding hydrogens is 460 g/mol. The summed E-state index contributed by atoms with van der Waals surface area (Å²) in [5.74, 6) is 1.42. The number of hydrogen-bond donors (Lipinski definition) is 0. The third-order valence-corrected chi connectivity index (χ3v) is 7.27. The smallest absolute Gasteiger partial charge is 0.410 e. The topological polar surface area (TPSA) is 103 Å². The highest BCUT2D eigenvalue weighted by atomic mass is 16.6. The Kier molecular flexibility index (Phi) is 5.62. The molecule has 3 aromatic heterocycles. The molecule has 3 unspecified atom stereocenters. The summed E-state index contributed by atoms with van der Waals surface area (Å²) in [5.41, 5.74) is 2.76. The van der Waals surface area contributed by atoms with E-state index in [9.17, 15) is 4.79 Å². The van der Waals surface area contributed by atoms with Crippen molar-refractivity contribution in [3.63, 3.8) is 0 Å². The molecule has 0 spiro atoms. The van der Waals surface area contributed by atoms with Crippen molar-refractivity contribution in [2.45, 2.75) is 51.9 Å². The summed E-state index contributed by atoms with van der Waals surface area (Å²) in [5, 5.41) is 4.35. The predicted molar refractivity (Wildman–Crippen MR) is 133 cm³/mol. The molecule has 6 rings (SSSR count). The van der Waals surface area contributed by atoms with E-state index in [0.29, 0.717) is 30.9 Å². The van der Waals surface area contributed by atoms with Crippen LogP contribution in [0, 0.1) is 11.8 Å². The average molecular weight is 495 g/mol. The Labute approximate surface area is 210 Å². The normalized spacial score (nSPS) is 24.5. The van der Waals surface area contributed by atoms with Crippen LogP contribution in [0.5, 0.6) is 0 Å². The van der Waals surface area contributed by atoms with Gasteiger partial charge in [-0.1, -0.05) is 0 Å². The fraction of sp³-hybridized carbons (Fsp3) is 0.640. The number of aryl methyl sites for hydroxylation is 1. The van der Waals surface area contributed by atoms with E-state index in [4.69, 9.17) is 24.4 Å². The molecule has 3 aliphatic rings. The van der Waals surface area contributed by atoms with Crippen LogP contribution in [0.4, 0.5) is 10.7 Å². The summed E-state index contributed by atoms with van der Waals surface area (Å²) in [6.07, 6.45) is 8.48. The van der Waals surface area contributed by atoms with Gasteiger partial charge in [0, 0.05) is 63.4 Å². The van der Waals surface area contributed by atoms with Crippen LogP contribution < -0.4 is 4.90 Å². The minimum atomic E-state index is -0.488. The zero-order chi connectivity index (χ0) is 25.0. The van der Waals surface area contributed by atoms with E-state index in [1.807, 2.05) is 51.4 Å². The molecule has 3 aromatic rings. The lowest BCUT2D eigenvalue weighted by atomic mass is 10.0. The highest BCUT2D eigenvalue weighted by molar-refractivity contribution is 5.88. The largest absolute Gasteiger partial charge is 0.444 e. The van der Waals surface area contributed by atoms with Gasteiger partial charge in [-0.2, -0.15) is 10.1 Å². The van der Waals surface area contributed by atoms with Gasteiger partial charge in [-0.3, -0.25) is 9.25 Å². The molecule has 3 atom stereocenters. The summed E-state index contributed by atoms with van der Waals surface area (Å²) in [4.78, 5) is 31.4.